The Labute approximate surface area is 130 Å². The smallest absolute Gasteiger partial charge is 0.318 e. The van der Waals surface area contributed by atoms with E-state index >= 15 is 0 Å². The first-order valence-corrected chi connectivity index (χ1v) is 7.82. The van der Waals surface area contributed by atoms with Crippen LogP contribution in [0.15, 0.2) is 28.7 Å². The minimum Gasteiger partial charge on any atom is -0.493 e. The molecule has 1 atom stereocenters. The van der Waals surface area contributed by atoms with Gasteiger partial charge in [0.25, 0.3) is 5.89 Å². The number of para-hydroxylation sites is 1. The molecule has 0 aliphatic carbocycles. The van der Waals surface area contributed by atoms with Crippen molar-refractivity contribution in [2.75, 3.05) is 31.1 Å². The third-order valence-corrected chi connectivity index (χ3v) is 3.63. The molecule has 1 fully saturated rings. The van der Waals surface area contributed by atoms with Crippen molar-refractivity contribution in [1.29, 1.82) is 0 Å². The molecule has 3 rings (SSSR count). The molecule has 118 valence electrons. The lowest BCUT2D eigenvalue weighted by Crippen LogP contribution is -2.49. The van der Waals surface area contributed by atoms with E-state index in [4.69, 9.17) is 9.15 Å². The number of benzene rings is 1. The van der Waals surface area contributed by atoms with Crippen LogP contribution in [-0.2, 0) is 0 Å². The van der Waals surface area contributed by atoms with Crippen LogP contribution in [-0.4, -0.2) is 42.5 Å². The Morgan fingerprint density at radius 3 is 3.05 bits per heavy atom. The molecule has 1 saturated heterocycles. The van der Waals surface area contributed by atoms with Crippen LogP contribution < -0.4 is 15.0 Å². The number of piperazine rings is 1. The molecule has 1 N–H and O–H groups in total. The number of nitrogens with one attached hydrogen (secondary N) is 1. The minimum absolute atomic E-state index is 0.421. The summed E-state index contributed by atoms with van der Waals surface area (Å²) in [6, 6.07) is 8.77. The van der Waals surface area contributed by atoms with Crippen molar-refractivity contribution in [3.8, 4) is 17.2 Å². The monoisotopic (exact) mass is 302 g/mol. The van der Waals surface area contributed by atoms with Crippen LogP contribution >= 0.6 is 0 Å². The maximum Gasteiger partial charge on any atom is 0.318 e. The Morgan fingerprint density at radius 1 is 1.36 bits per heavy atom. The summed E-state index contributed by atoms with van der Waals surface area (Å²) in [6.07, 6.45) is 0.960. The molecule has 1 aliphatic rings. The molecule has 2 heterocycles. The molecule has 1 aromatic carbocycles. The van der Waals surface area contributed by atoms with Crippen molar-refractivity contribution in [2.24, 2.45) is 0 Å². The topological polar surface area (TPSA) is 63.4 Å². The Hall–Kier alpha value is -2.08. The summed E-state index contributed by atoms with van der Waals surface area (Å²) in [5.74, 6) is 1.29. The highest BCUT2D eigenvalue weighted by Crippen LogP contribution is 2.30. The highest BCUT2D eigenvalue weighted by molar-refractivity contribution is 5.62. The average Bonchev–Trinajstić information content (AvgIpc) is 3.03. The molecule has 0 saturated carbocycles. The normalized spacial score (nSPS) is 18.5. The zero-order chi connectivity index (χ0) is 15.4. The van der Waals surface area contributed by atoms with Crippen LogP contribution in [0.25, 0.3) is 11.5 Å². The quantitative estimate of drug-likeness (QED) is 0.914. The Morgan fingerprint density at radius 2 is 2.23 bits per heavy atom. The van der Waals surface area contributed by atoms with Gasteiger partial charge in [0.05, 0.1) is 12.2 Å². The second-order valence-corrected chi connectivity index (χ2v) is 5.54. The molecule has 0 spiro atoms. The number of rotatable bonds is 5. The van der Waals surface area contributed by atoms with Crippen molar-refractivity contribution in [3.05, 3.63) is 24.3 Å². The van der Waals surface area contributed by atoms with Gasteiger partial charge in [-0.05, 0) is 25.5 Å². The molecule has 6 heteroatoms. The average molecular weight is 302 g/mol. The zero-order valence-electron chi connectivity index (χ0n) is 13.1. The Bertz CT molecular complexity index is 614. The third-order valence-electron chi connectivity index (χ3n) is 3.63. The molecule has 6 nitrogen and oxygen atoms in total. The highest BCUT2D eigenvalue weighted by Gasteiger charge is 2.22. The first-order chi connectivity index (χ1) is 10.8. The summed E-state index contributed by atoms with van der Waals surface area (Å²) >= 11 is 0. The van der Waals surface area contributed by atoms with Crippen LogP contribution in [0.2, 0.25) is 0 Å². The van der Waals surface area contributed by atoms with E-state index in [1.807, 2.05) is 24.3 Å². The molecule has 0 radical (unpaired) electrons. The summed E-state index contributed by atoms with van der Waals surface area (Å²) in [7, 11) is 0. The van der Waals surface area contributed by atoms with Crippen LogP contribution in [0.1, 0.15) is 20.3 Å². The van der Waals surface area contributed by atoms with Gasteiger partial charge in [-0.25, -0.2) is 0 Å². The van der Waals surface area contributed by atoms with E-state index < -0.39 is 0 Å². The fourth-order valence-electron chi connectivity index (χ4n) is 2.54. The largest absolute Gasteiger partial charge is 0.493 e. The van der Waals surface area contributed by atoms with Gasteiger partial charge in [-0.15, -0.1) is 5.10 Å². The van der Waals surface area contributed by atoms with Gasteiger partial charge < -0.3 is 19.4 Å². The van der Waals surface area contributed by atoms with E-state index in [0.717, 1.165) is 37.4 Å². The van der Waals surface area contributed by atoms with Crippen LogP contribution in [0, 0.1) is 0 Å². The molecule has 22 heavy (non-hydrogen) atoms. The van der Waals surface area contributed by atoms with Gasteiger partial charge in [-0.1, -0.05) is 24.2 Å². The predicted octanol–water partition coefficient (Wildman–Crippen LogP) is 2.32. The molecule has 0 bridgehead atoms. The van der Waals surface area contributed by atoms with Gasteiger partial charge in [0.2, 0.25) is 0 Å². The first-order valence-electron chi connectivity index (χ1n) is 7.82. The van der Waals surface area contributed by atoms with Crippen LogP contribution in [0.3, 0.4) is 0 Å². The van der Waals surface area contributed by atoms with Gasteiger partial charge in [0.15, 0.2) is 0 Å². The molecular formula is C16H22N4O2. The molecular weight excluding hydrogens is 280 g/mol. The first kappa shape index (κ1) is 14.8. The van der Waals surface area contributed by atoms with Gasteiger partial charge in [0.1, 0.15) is 5.75 Å². The van der Waals surface area contributed by atoms with Crippen molar-refractivity contribution >= 4 is 6.01 Å². The molecule has 2 aromatic rings. The standard InChI is InChI=1S/C16H22N4O2/c1-3-10-21-14-7-5-4-6-13(14)15-18-19-16(22-15)20-9-8-17-12(2)11-20/h4-7,12,17H,3,8-11H2,1-2H3. The van der Waals surface area contributed by atoms with Gasteiger partial charge in [-0.2, -0.15) is 0 Å². The van der Waals surface area contributed by atoms with E-state index in [2.05, 4.69) is 34.3 Å². The predicted molar refractivity (Wildman–Crippen MR) is 85.2 cm³/mol. The van der Waals surface area contributed by atoms with E-state index in [1.54, 1.807) is 0 Å². The second-order valence-electron chi connectivity index (χ2n) is 5.54. The lowest BCUT2D eigenvalue weighted by Gasteiger charge is -2.30. The van der Waals surface area contributed by atoms with E-state index in [0.29, 0.717) is 24.6 Å². The number of anilines is 1. The number of hydrogen-bond donors (Lipinski definition) is 1. The van der Waals surface area contributed by atoms with Crippen LogP contribution in [0.4, 0.5) is 6.01 Å². The summed E-state index contributed by atoms with van der Waals surface area (Å²) in [4.78, 5) is 2.12. The van der Waals surface area contributed by atoms with E-state index in [1.165, 1.54) is 0 Å². The minimum atomic E-state index is 0.421. The number of hydrogen-bond acceptors (Lipinski definition) is 6. The maximum atomic E-state index is 5.87. The van der Waals surface area contributed by atoms with Crippen molar-refractivity contribution < 1.29 is 9.15 Å². The van der Waals surface area contributed by atoms with Gasteiger partial charge >= 0.3 is 6.01 Å². The van der Waals surface area contributed by atoms with E-state index in [9.17, 15) is 0 Å². The van der Waals surface area contributed by atoms with Crippen molar-refractivity contribution in [3.63, 3.8) is 0 Å². The van der Waals surface area contributed by atoms with Crippen molar-refractivity contribution in [1.82, 2.24) is 15.5 Å². The van der Waals surface area contributed by atoms with Gasteiger partial charge in [-0.3, -0.25) is 0 Å². The summed E-state index contributed by atoms with van der Waals surface area (Å²) in [6.45, 7) is 7.58. The summed E-state index contributed by atoms with van der Waals surface area (Å²) in [5.41, 5.74) is 0.845. The maximum absolute atomic E-state index is 5.87. The van der Waals surface area contributed by atoms with Crippen LogP contribution in [0.5, 0.6) is 5.75 Å². The molecule has 1 unspecified atom stereocenters. The zero-order valence-corrected chi connectivity index (χ0v) is 13.1. The number of ether oxygens (including phenoxy) is 1. The summed E-state index contributed by atoms with van der Waals surface area (Å²) < 4.78 is 11.6. The van der Waals surface area contributed by atoms with Gasteiger partial charge in [0, 0.05) is 25.7 Å². The third kappa shape index (κ3) is 3.22. The Kier molecular flexibility index (Phi) is 4.58. The lowest BCUT2D eigenvalue weighted by molar-refractivity contribution is 0.318. The number of aromatic nitrogens is 2. The lowest BCUT2D eigenvalue weighted by atomic mass is 10.2. The fraction of sp³-hybridized carbons (Fsp3) is 0.500. The Balaban J connectivity index is 1.81. The fourth-order valence-corrected chi connectivity index (χ4v) is 2.54. The number of nitrogens with zero attached hydrogens (tertiary/aromatic N) is 3. The SMILES string of the molecule is CCCOc1ccccc1-c1nnc(N2CCNC(C)C2)o1. The van der Waals surface area contributed by atoms with E-state index in [-0.39, 0.29) is 0 Å². The molecule has 0 amide bonds. The summed E-state index contributed by atoms with van der Waals surface area (Å²) in [5, 5.41) is 11.8. The highest BCUT2D eigenvalue weighted by atomic mass is 16.5. The molecule has 1 aromatic heterocycles. The second kappa shape index (κ2) is 6.79. The van der Waals surface area contributed by atoms with Crippen molar-refractivity contribution in [2.45, 2.75) is 26.3 Å². The molecule has 1 aliphatic heterocycles.